The second-order valence-electron chi connectivity index (χ2n) is 10.3. The van der Waals surface area contributed by atoms with E-state index in [0.717, 1.165) is 38.2 Å². The van der Waals surface area contributed by atoms with Crippen molar-refractivity contribution in [1.82, 2.24) is 9.29 Å². The molecule has 0 atom stereocenters. The van der Waals surface area contributed by atoms with E-state index in [9.17, 15) is 30.0 Å². The first-order valence-corrected chi connectivity index (χ1v) is 14.5. The van der Waals surface area contributed by atoms with Gasteiger partial charge in [0.25, 0.3) is 0 Å². The third-order valence-corrected chi connectivity index (χ3v) is 9.00. The highest BCUT2D eigenvalue weighted by molar-refractivity contribution is 7.89. The molecule has 13 heteroatoms. The third kappa shape index (κ3) is 6.29. The predicted molar refractivity (Wildman–Crippen MR) is 128 cm³/mol. The van der Waals surface area contributed by atoms with E-state index >= 15 is 4.39 Å². The van der Waals surface area contributed by atoms with Crippen LogP contribution in [0.3, 0.4) is 0 Å². The number of rotatable bonds is 6. The first-order chi connectivity index (χ1) is 16.3. The molecular weight excluding hydrogens is 522 g/mol. The Balaban J connectivity index is 2.27. The van der Waals surface area contributed by atoms with Crippen molar-refractivity contribution >= 4 is 20.0 Å². The maximum atomic E-state index is 15.4. The lowest BCUT2D eigenvalue weighted by molar-refractivity contribution is -0.139. The maximum absolute atomic E-state index is 15.4. The molecule has 1 saturated carbocycles. The van der Waals surface area contributed by atoms with Gasteiger partial charge in [-0.1, -0.05) is 19.3 Å². The molecule has 36 heavy (non-hydrogen) atoms. The first-order valence-electron chi connectivity index (χ1n) is 11.5. The van der Waals surface area contributed by atoms with Gasteiger partial charge < -0.3 is 4.57 Å². The Bertz CT molecular complexity index is 1350. The number of sulfonamides is 2. The van der Waals surface area contributed by atoms with Crippen molar-refractivity contribution in [3.05, 3.63) is 35.3 Å². The molecule has 0 amide bonds. The molecule has 1 fully saturated rings. The van der Waals surface area contributed by atoms with Crippen LogP contribution in [0, 0.1) is 18.7 Å². The van der Waals surface area contributed by atoms with Crippen LogP contribution in [0.1, 0.15) is 64.1 Å². The van der Waals surface area contributed by atoms with Crippen molar-refractivity contribution in [3.63, 3.8) is 0 Å². The zero-order chi connectivity index (χ0) is 27.3. The van der Waals surface area contributed by atoms with Crippen molar-refractivity contribution in [3.8, 4) is 11.3 Å². The number of hydrogen-bond acceptors (Lipinski definition) is 4. The van der Waals surface area contributed by atoms with E-state index in [0.29, 0.717) is 12.1 Å². The van der Waals surface area contributed by atoms with Crippen LogP contribution in [-0.2, 0) is 32.8 Å². The molecule has 7 nitrogen and oxygen atoms in total. The SMILES string of the molecule is Cc1c(S(N)(=O)=O)cc(-c2cc(C(F)(F)F)c(S(=O)(=O)NC(C)(C)C)cc2F)n1CC1CCCCC1. The van der Waals surface area contributed by atoms with E-state index in [1.165, 1.54) is 32.3 Å². The van der Waals surface area contributed by atoms with Crippen LogP contribution in [0.2, 0.25) is 0 Å². The lowest BCUT2D eigenvalue weighted by Gasteiger charge is -2.25. The van der Waals surface area contributed by atoms with Crippen LogP contribution >= 0.6 is 0 Å². The largest absolute Gasteiger partial charge is 0.417 e. The quantitative estimate of drug-likeness (QED) is 0.495. The number of nitrogens with two attached hydrogens (primary N) is 1. The summed E-state index contributed by atoms with van der Waals surface area (Å²) >= 11 is 0. The normalized spacial score (nSPS) is 16.5. The van der Waals surface area contributed by atoms with Crippen molar-refractivity contribution in [2.75, 3.05) is 0 Å². The number of hydrogen-bond donors (Lipinski definition) is 2. The minimum atomic E-state index is -5.14. The Morgan fingerprint density at radius 1 is 1.00 bits per heavy atom. The molecule has 3 N–H and O–H groups in total. The second-order valence-corrected chi connectivity index (χ2v) is 13.5. The Morgan fingerprint density at radius 2 is 1.58 bits per heavy atom. The van der Waals surface area contributed by atoms with Crippen LogP contribution in [0.5, 0.6) is 0 Å². The summed E-state index contributed by atoms with van der Waals surface area (Å²) in [6, 6.07) is 1.80. The standard InChI is InChI=1S/C23H31F4N3O4S2/c1-14-20(35(28,31)32)12-19(30(14)13-15-8-6-5-7-9-15)16-10-17(23(25,26)27)21(11-18(16)24)36(33,34)29-22(2,3)4/h10-12,15,29H,5-9,13H2,1-4H3,(H2,28,31,32). The Kier molecular flexibility index (Phi) is 7.73. The molecular formula is C23H31F4N3O4S2. The summed E-state index contributed by atoms with van der Waals surface area (Å²) in [5.74, 6) is -1.11. The fourth-order valence-corrected chi connectivity index (χ4v) is 7.08. The van der Waals surface area contributed by atoms with Crippen LogP contribution < -0.4 is 9.86 Å². The smallest absolute Gasteiger partial charge is 0.343 e. The highest BCUT2D eigenvalue weighted by Gasteiger charge is 2.40. The van der Waals surface area contributed by atoms with Gasteiger partial charge in [-0.2, -0.15) is 13.2 Å². The number of nitrogens with one attached hydrogen (secondary N) is 1. The number of halogens is 4. The zero-order valence-electron chi connectivity index (χ0n) is 20.5. The van der Waals surface area contributed by atoms with Gasteiger partial charge in [-0.15, -0.1) is 0 Å². The molecule has 0 unspecified atom stereocenters. The molecule has 0 spiro atoms. The predicted octanol–water partition coefficient (Wildman–Crippen LogP) is 4.93. The fraction of sp³-hybridized carbons (Fsp3) is 0.565. The van der Waals surface area contributed by atoms with Crippen LogP contribution in [0.15, 0.2) is 28.0 Å². The topological polar surface area (TPSA) is 111 Å². The van der Waals surface area contributed by atoms with Crippen LogP contribution in [0.4, 0.5) is 17.6 Å². The summed E-state index contributed by atoms with van der Waals surface area (Å²) in [5, 5.41) is 5.33. The number of nitrogens with zero attached hydrogens (tertiary/aromatic N) is 1. The molecule has 0 saturated heterocycles. The van der Waals surface area contributed by atoms with Gasteiger partial charge in [0, 0.05) is 23.3 Å². The zero-order valence-corrected chi connectivity index (χ0v) is 22.2. The van der Waals surface area contributed by atoms with E-state index in [1.54, 1.807) is 0 Å². The lowest BCUT2D eigenvalue weighted by Crippen LogP contribution is -2.41. The van der Waals surface area contributed by atoms with Gasteiger partial charge in [-0.05, 0) is 64.7 Å². The van der Waals surface area contributed by atoms with Gasteiger partial charge in [0.2, 0.25) is 20.0 Å². The molecule has 202 valence electrons. The van der Waals surface area contributed by atoms with Gasteiger partial charge >= 0.3 is 6.18 Å². The molecule has 0 radical (unpaired) electrons. The van der Waals surface area contributed by atoms with Crippen molar-refractivity contribution in [1.29, 1.82) is 0 Å². The van der Waals surface area contributed by atoms with Gasteiger partial charge in [0.1, 0.15) is 10.7 Å². The number of aromatic nitrogens is 1. The molecule has 1 aliphatic rings. The Labute approximate surface area is 209 Å². The molecule has 1 aliphatic carbocycles. The number of benzene rings is 1. The van der Waals surface area contributed by atoms with Gasteiger partial charge in [-0.3, -0.25) is 0 Å². The van der Waals surface area contributed by atoms with Crippen molar-refractivity contribution in [2.24, 2.45) is 11.1 Å². The van der Waals surface area contributed by atoms with E-state index in [2.05, 4.69) is 4.72 Å². The average Bonchev–Trinajstić information content (AvgIpc) is 3.02. The van der Waals surface area contributed by atoms with E-state index in [-0.39, 0.29) is 28.7 Å². The van der Waals surface area contributed by atoms with Crippen LogP contribution in [0.25, 0.3) is 11.3 Å². The van der Waals surface area contributed by atoms with Crippen molar-refractivity contribution in [2.45, 2.75) is 87.9 Å². The summed E-state index contributed by atoms with van der Waals surface area (Å²) in [6.07, 6.45) is -0.479. The van der Waals surface area contributed by atoms with E-state index < -0.39 is 53.6 Å². The van der Waals surface area contributed by atoms with E-state index in [4.69, 9.17) is 5.14 Å². The highest BCUT2D eigenvalue weighted by Crippen LogP contribution is 2.40. The summed E-state index contributed by atoms with van der Waals surface area (Å²) in [7, 11) is -9.00. The Hall–Kier alpha value is -1.96. The highest BCUT2D eigenvalue weighted by atomic mass is 32.2. The molecule has 1 aromatic heterocycles. The number of primary sulfonamides is 1. The van der Waals surface area contributed by atoms with Gasteiger partial charge in [0.15, 0.2) is 0 Å². The summed E-state index contributed by atoms with van der Waals surface area (Å²) < 4.78 is 111. The number of alkyl halides is 3. The Morgan fingerprint density at radius 3 is 2.08 bits per heavy atom. The minimum absolute atomic E-state index is 0.113. The monoisotopic (exact) mass is 553 g/mol. The molecule has 3 rings (SSSR count). The summed E-state index contributed by atoms with van der Waals surface area (Å²) in [6.45, 7) is 6.05. The molecule has 1 heterocycles. The van der Waals surface area contributed by atoms with Crippen LogP contribution in [-0.4, -0.2) is 26.9 Å². The second kappa shape index (κ2) is 9.73. The molecule has 0 bridgehead atoms. The van der Waals surface area contributed by atoms with Gasteiger partial charge in [0.05, 0.1) is 16.2 Å². The third-order valence-electron chi connectivity index (χ3n) is 6.17. The molecule has 0 aliphatic heterocycles. The molecule has 1 aromatic carbocycles. The summed E-state index contributed by atoms with van der Waals surface area (Å²) in [4.78, 5) is -1.58. The minimum Gasteiger partial charge on any atom is -0.343 e. The lowest BCUT2D eigenvalue weighted by atomic mass is 9.89. The van der Waals surface area contributed by atoms with E-state index in [1.807, 2.05) is 0 Å². The van der Waals surface area contributed by atoms with Gasteiger partial charge in [-0.25, -0.2) is 31.1 Å². The fourth-order valence-electron chi connectivity index (χ4n) is 4.65. The average molecular weight is 554 g/mol. The maximum Gasteiger partial charge on any atom is 0.417 e. The first kappa shape index (κ1) is 28.6. The summed E-state index contributed by atoms with van der Waals surface area (Å²) in [5.41, 5.74) is -3.18. The molecule has 2 aromatic rings. The van der Waals surface area contributed by atoms with Crippen molar-refractivity contribution < 1.29 is 34.4 Å².